The molecule has 0 unspecified atom stereocenters. The molecular formula is C22H30N4O+2. The molecule has 1 heterocycles. The molecule has 0 radical (unpaired) electrons. The lowest BCUT2D eigenvalue weighted by Gasteiger charge is -2.08. The fourth-order valence-corrected chi connectivity index (χ4v) is 3.18. The lowest BCUT2D eigenvalue weighted by molar-refractivity contribution is -0.875. The minimum Gasteiger partial charge on any atom is -0.496 e. The van der Waals surface area contributed by atoms with Crippen molar-refractivity contribution in [2.45, 2.75) is 13.1 Å². The number of rotatable bonds is 9. The molecule has 0 amide bonds. The van der Waals surface area contributed by atoms with E-state index >= 15 is 0 Å². The van der Waals surface area contributed by atoms with Gasteiger partial charge in [0.15, 0.2) is 0 Å². The van der Waals surface area contributed by atoms with E-state index in [0.29, 0.717) is 0 Å². The van der Waals surface area contributed by atoms with E-state index in [1.807, 2.05) is 28.9 Å². The molecule has 0 bridgehead atoms. The second-order valence-corrected chi connectivity index (χ2v) is 7.12. The van der Waals surface area contributed by atoms with Gasteiger partial charge in [-0.1, -0.05) is 42.5 Å². The van der Waals surface area contributed by atoms with Gasteiger partial charge in [-0.2, -0.15) is 5.10 Å². The SMILES string of the molecule is COc1ccccc1-c1nn(Cc2ccccc2)cc1C[NH2+]CC[NH+](C)C. The zero-order chi connectivity index (χ0) is 19.1. The number of nitrogens with one attached hydrogen (secondary N) is 1. The second-order valence-electron chi connectivity index (χ2n) is 7.12. The molecule has 27 heavy (non-hydrogen) atoms. The Morgan fingerprint density at radius 3 is 2.52 bits per heavy atom. The molecule has 0 aliphatic rings. The van der Waals surface area contributed by atoms with Crippen molar-refractivity contribution in [1.29, 1.82) is 0 Å². The van der Waals surface area contributed by atoms with Crippen LogP contribution in [0.25, 0.3) is 11.3 Å². The highest BCUT2D eigenvalue weighted by Crippen LogP contribution is 2.30. The van der Waals surface area contributed by atoms with Crippen LogP contribution in [0.5, 0.6) is 5.75 Å². The molecule has 0 spiro atoms. The van der Waals surface area contributed by atoms with Crippen LogP contribution >= 0.6 is 0 Å². The molecule has 5 heteroatoms. The molecule has 0 saturated heterocycles. The molecule has 3 N–H and O–H groups in total. The average Bonchev–Trinajstić information content (AvgIpc) is 3.08. The first-order valence-electron chi connectivity index (χ1n) is 9.51. The van der Waals surface area contributed by atoms with E-state index in [0.717, 1.165) is 43.2 Å². The van der Waals surface area contributed by atoms with Crippen LogP contribution in [0.3, 0.4) is 0 Å². The van der Waals surface area contributed by atoms with E-state index in [-0.39, 0.29) is 0 Å². The highest BCUT2D eigenvalue weighted by Gasteiger charge is 2.16. The van der Waals surface area contributed by atoms with Crippen molar-refractivity contribution >= 4 is 0 Å². The molecule has 0 aliphatic heterocycles. The Hall–Kier alpha value is -2.63. The van der Waals surface area contributed by atoms with Crippen molar-refractivity contribution in [3.8, 4) is 17.0 Å². The third kappa shape index (κ3) is 5.18. The standard InChI is InChI=1S/C22H28N4O/c1-25(2)14-13-23-15-19-17-26(16-18-9-5-4-6-10-18)24-22(19)20-11-7-8-12-21(20)27-3/h4-12,17,23H,13-16H2,1-3H3/p+2. The Morgan fingerprint density at radius 1 is 1.04 bits per heavy atom. The molecule has 1 aromatic heterocycles. The summed E-state index contributed by atoms with van der Waals surface area (Å²) in [5, 5.41) is 7.27. The van der Waals surface area contributed by atoms with Crippen LogP contribution in [0.4, 0.5) is 0 Å². The number of methoxy groups -OCH3 is 1. The normalized spacial score (nSPS) is 11.1. The molecule has 3 rings (SSSR count). The van der Waals surface area contributed by atoms with Gasteiger partial charge in [0.05, 0.1) is 33.3 Å². The van der Waals surface area contributed by atoms with Crippen LogP contribution in [0, 0.1) is 0 Å². The van der Waals surface area contributed by atoms with Crippen LogP contribution in [-0.4, -0.2) is 44.1 Å². The number of benzene rings is 2. The maximum atomic E-state index is 5.58. The maximum absolute atomic E-state index is 5.58. The van der Waals surface area contributed by atoms with Crippen molar-refractivity contribution in [2.75, 3.05) is 34.3 Å². The van der Waals surface area contributed by atoms with Crippen molar-refractivity contribution in [1.82, 2.24) is 9.78 Å². The number of nitrogens with two attached hydrogens (primary N) is 1. The molecule has 142 valence electrons. The minimum absolute atomic E-state index is 0.769. The number of hydrogen-bond donors (Lipinski definition) is 2. The number of aromatic nitrogens is 2. The predicted octanol–water partition coefficient (Wildman–Crippen LogP) is 0.815. The van der Waals surface area contributed by atoms with Crippen LogP contribution in [-0.2, 0) is 13.1 Å². The van der Waals surface area contributed by atoms with Crippen LogP contribution in [0.1, 0.15) is 11.1 Å². The summed E-state index contributed by atoms with van der Waals surface area (Å²) in [5.41, 5.74) is 4.55. The van der Waals surface area contributed by atoms with Gasteiger partial charge in [0.25, 0.3) is 0 Å². The van der Waals surface area contributed by atoms with Gasteiger partial charge in [0, 0.05) is 11.8 Å². The Morgan fingerprint density at radius 2 is 1.78 bits per heavy atom. The van der Waals surface area contributed by atoms with Gasteiger partial charge in [-0.3, -0.25) is 4.68 Å². The summed E-state index contributed by atoms with van der Waals surface area (Å²) in [6.45, 7) is 3.92. The smallest absolute Gasteiger partial charge is 0.128 e. The number of nitrogens with zero attached hydrogens (tertiary/aromatic N) is 2. The van der Waals surface area contributed by atoms with E-state index in [1.165, 1.54) is 16.0 Å². The van der Waals surface area contributed by atoms with Crippen molar-refractivity contribution in [3.05, 3.63) is 71.9 Å². The van der Waals surface area contributed by atoms with Crippen molar-refractivity contribution < 1.29 is 15.0 Å². The third-order valence-corrected chi connectivity index (χ3v) is 4.60. The summed E-state index contributed by atoms with van der Waals surface area (Å²) in [5.74, 6) is 0.862. The van der Waals surface area contributed by atoms with Gasteiger partial charge in [-0.05, 0) is 17.7 Å². The molecule has 0 aliphatic carbocycles. The first-order chi connectivity index (χ1) is 13.2. The highest BCUT2D eigenvalue weighted by atomic mass is 16.5. The zero-order valence-corrected chi connectivity index (χ0v) is 16.5. The average molecular weight is 367 g/mol. The number of quaternary nitrogens is 2. The van der Waals surface area contributed by atoms with Gasteiger partial charge < -0.3 is 15.0 Å². The molecule has 3 aromatic rings. The van der Waals surface area contributed by atoms with E-state index in [9.17, 15) is 0 Å². The Kier molecular flexibility index (Phi) is 6.63. The third-order valence-electron chi connectivity index (χ3n) is 4.60. The van der Waals surface area contributed by atoms with Gasteiger partial charge in [-0.15, -0.1) is 0 Å². The number of ether oxygens (including phenoxy) is 1. The van der Waals surface area contributed by atoms with Gasteiger partial charge in [-0.25, -0.2) is 0 Å². The first kappa shape index (κ1) is 19.1. The van der Waals surface area contributed by atoms with E-state index < -0.39 is 0 Å². The van der Waals surface area contributed by atoms with E-state index in [4.69, 9.17) is 9.84 Å². The monoisotopic (exact) mass is 366 g/mol. The Balaban J connectivity index is 1.86. The topological polar surface area (TPSA) is 48.1 Å². The molecular weight excluding hydrogens is 336 g/mol. The number of para-hydroxylation sites is 1. The summed E-state index contributed by atoms with van der Waals surface area (Å²) in [6, 6.07) is 18.6. The molecule has 0 atom stereocenters. The van der Waals surface area contributed by atoms with Crippen LogP contribution < -0.4 is 15.0 Å². The van der Waals surface area contributed by atoms with Crippen molar-refractivity contribution in [3.63, 3.8) is 0 Å². The molecule has 0 saturated carbocycles. The summed E-state index contributed by atoms with van der Waals surface area (Å²) >= 11 is 0. The van der Waals surface area contributed by atoms with Crippen LogP contribution in [0.15, 0.2) is 60.8 Å². The van der Waals surface area contributed by atoms with Gasteiger partial charge in [0.2, 0.25) is 0 Å². The Bertz CT molecular complexity index is 843. The first-order valence-corrected chi connectivity index (χ1v) is 9.51. The molecule has 0 fully saturated rings. The molecule has 2 aromatic carbocycles. The summed E-state index contributed by atoms with van der Waals surface area (Å²) in [6.07, 6.45) is 2.17. The largest absolute Gasteiger partial charge is 0.496 e. The lowest BCUT2D eigenvalue weighted by Crippen LogP contribution is -3.09. The maximum Gasteiger partial charge on any atom is 0.128 e. The van der Waals surface area contributed by atoms with Crippen LogP contribution in [0.2, 0.25) is 0 Å². The number of likely N-dealkylation sites (N-methyl/N-ethyl adjacent to an activating group) is 1. The fourth-order valence-electron chi connectivity index (χ4n) is 3.18. The van der Waals surface area contributed by atoms with E-state index in [1.54, 1.807) is 7.11 Å². The zero-order valence-electron chi connectivity index (χ0n) is 16.5. The summed E-state index contributed by atoms with van der Waals surface area (Å²) in [7, 11) is 6.09. The highest BCUT2D eigenvalue weighted by molar-refractivity contribution is 5.69. The quantitative estimate of drug-likeness (QED) is 0.551. The summed E-state index contributed by atoms with van der Waals surface area (Å²) in [4.78, 5) is 1.47. The summed E-state index contributed by atoms with van der Waals surface area (Å²) < 4.78 is 7.62. The van der Waals surface area contributed by atoms with Gasteiger partial charge in [0.1, 0.15) is 31.1 Å². The Labute approximate surface area is 161 Å². The van der Waals surface area contributed by atoms with Gasteiger partial charge >= 0.3 is 0 Å². The van der Waals surface area contributed by atoms with E-state index in [2.05, 4.69) is 55.9 Å². The number of hydrogen-bond acceptors (Lipinski definition) is 2. The minimum atomic E-state index is 0.769. The predicted molar refractivity (Wildman–Crippen MR) is 108 cm³/mol. The second kappa shape index (κ2) is 9.35. The van der Waals surface area contributed by atoms with Crippen molar-refractivity contribution in [2.24, 2.45) is 0 Å². The molecule has 5 nitrogen and oxygen atoms in total. The fraction of sp³-hybridized carbons (Fsp3) is 0.318. The lowest BCUT2D eigenvalue weighted by atomic mass is 10.1.